The van der Waals surface area contributed by atoms with Crippen molar-refractivity contribution in [2.45, 2.75) is 13.5 Å². The molecule has 1 amide bonds. The van der Waals surface area contributed by atoms with Crippen LogP contribution in [-0.2, 0) is 11.3 Å². The molecule has 0 saturated heterocycles. The molecule has 0 heterocycles. The lowest BCUT2D eigenvalue weighted by Gasteiger charge is -2.09. The van der Waals surface area contributed by atoms with Crippen molar-refractivity contribution in [3.63, 3.8) is 0 Å². The number of carbonyl (C=O) groups excluding carboxylic acids is 2. The Kier molecular flexibility index (Phi) is 5.74. The Morgan fingerprint density at radius 1 is 1.09 bits per heavy atom. The number of nitrogens with one attached hydrogen (secondary N) is 2. The molecule has 0 aliphatic rings. The maximum Gasteiger partial charge on any atom is 0.239 e. The van der Waals surface area contributed by atoms with E-state index in [1.165, 1.54) is 6.92 Å². The van der Waals surface area contributed by atoms with Crippen LogP contribution in [0.4, 0.5) is 5.69 Å². The van der Waals surface area contributed by atoms with Gasteiger partial charge in [-0.25, -0.2) is 0 Å². The SMILES string of the molecule is COc1ccc(CNC(=O)CNc2cccc(C(C)=O)c2)cc1. The highest BCUT2D eigenvalue weighted by molar-refractivity contribution is 5.95. The molecule has 0 aromatic heterocycles. The maximum atomic E-state index is 11.9. The topological polar surface area (TPSA) is 67.4 Å². The Bertz CT molecular complexity index is 681. The first-order valence-electron chi connectivity index (χ1n) is 7.33. The number of ketones is 1. The fraction of sp³-hybridized carbons (Fsp3) is 0.222. The van der Waals surface area contributed by atoms with Gasteiger partial charge in [-0.05, 0) is 36.8 Å². The number of ether oxygens (including phenoxy) is 1. The first kappa shape index (κ1) is 16.5. The first-order valence-corrected chi connectivity index (χ1v) is 7.33. The number of anilines is 1. The van der Waals surface area contributed by atoms with Gasteiger partial charge in [0.2, 0.25) is 5.91 Å². The first-order chi connectivity index (χ1) is 11.1. The lowest BCUT2D eigenvalue weighted by atomic mass is 10.1. The molecular formula is C18H20N2O3. The van der Waals surface area contributed by atoms with Crippen LogP contribution in [0.5, 0.6) is 5.75 Å². The number of hydrogen-bond acceptors (Lipinski definition) is 4. The monoisotopic (exact) mass is 312 g/mol. The second-order valence-corrected chi connectivity index (χ2v) is 5.12. The van der Waals surface area contributed by atoms with Gasteiger partial charge in [0.25, 0.3) is 0 Å². The molecule has 2 aromatic carbocycles. The van der Waals surface area contributed by atoms with Crippen molar-refractivity contribution in [3.05, 3.63) is 59.7 Å². The molecular weight excluding hydrogens is 292 g/mol. The van der Waals surface area contributed by atoms with Gasteiger partial charge < -0.3 is 15.4 Å². The van der Waals surface area contributed by atoms with Crippen LogP contribution in [0.1, 0.15) is 22.8 Å². The van der Waals surface area contributed by atoms with Gasteiger partial charge >= 0.3 is 0 Å². The summed E-state index contributed by atoms with van der Waals surface area (Å²) in [5, 5.41) is 5.84. The fourth-order valence-corrected chi connectivity index (χ4v) is 2.04. The zero-order valence-electron chi connectivity index (χ0n) is 13.3. The second kappa shape index (κ2) is 7.98. The number of carbonyl (C=O) groups is 2. The van der Waals surface area contributed by atoms with Crippen molar-refractivity contribution in [1.29, 1.82) is 0 Å². The fourth-order valence-electron chi connectivity index (χ4n) is 2.04. The van der Waals surface area contributed by atoms with E-state index in [4.69, 9.17) is 4.74 Å². The summed E-state index contributed by atoms with van der Waals surface area (Å²) in [4.78, 5) is 23.2. The second-order valence-electron chi connectivity index (χ2n) is 5.12. The molecule has 0 bridgehead atoms. The van der Waals surface area contributed by atoms with Crippen LogP contribution < -0.4 is 15.4 Å². The van der Waals surface area contributed by atoms with Crippen LogP contribution in [0.2, 0.25) is 0 Å². The number of Topliss-reactive ketones (excluding diaryl/α,β-unsaturated/α-hetero) is 1. The van der Waals surface area contributed by atoms with Gasteiger partial charge in [-0.3, -0.25) is 9.59 Å². The van der Waals surface area contributed by atoms with Gasteiger partial charge in [0, 0.05) is 17.8 Å². The molecule has 0 fully saturated rings. The predicted molar refractivity (Wildman–Crippen MR) is 89.8 cm³/mol. The van der Waals surface area contributed by atoms with Crippen molar-refractivity contribution in [2.24, 2.45) is 0 Å². The Hall–Kier alpha value is -2.82. The molecule has 0 unspecified atom stereocenters. The van der Waals surface area contributed by atoms with Crippen molar-refractivity contribution >= 4 is 17.4 Å². The Morgan fingerprint density at radius 3 is 2.48 bits per heavy atom. The average Bonchev–Trinajstić information content (AvgIpc) is 2.58. The third kappa shape index (κ3) is 5.14. The molecule has 0 atom stereocenters. The van der Waals surface area contributed by atoms with E-state index < -0.39 is 0 Å². The number of methoxy groups -OCH3 is 1. The standard InChI is InChI=1S/C18H20N2O3/c1-13(21)15-4-3-5-16(10-15)19-12-18(22)20-11-14-6-8-17(23-2)9-7-14/h3-10,19H,11-12H2,1-2H3,(H,20,22). The van der Waals surface area contributed by atoms with Gasteiger partial charge in [-0.15, -0.1) is 0 Å². The van der Waals surface area contributed by atoms with Crippen molar-refractivity contribution in [1.82, 2.24) is 5.32 Å². The molecule has 2 N–H and O–H groups in total. The van der Waals surface area contributed by atoms with Gasteiger partial charge in [0.05, 0.1) is 13.7 Å². The Balaban J connectivity index is 1.80. The lowest BCUT2D eigenvalue weighted by molar-refractivity contribution is -0.119. The summed E-state index contributed by atoms with van der Waals surface area (Å²) in [6.07, 6.45) is 0. The van der Waals surface area contributed by atoms with E-state index in [1.807, 2.05) is 30.3 Å². The van der Waals surface area contributed by atoms with E-state index in [-0.39, 0.29) is 18.2 Å². The van der Waals surface area contributed by atoms with E-state index in [1.54, 1.807) is 25.3 Å². The van der Waals surface area contributed by atoms with E-state index in [0.717, 1.165) is 17.0 Å². The number of rotatable bonds is 7. The molecule has 0 radical (unpaired) electrons. The van der Waals surface area contributed by atoms with Gasteiger partial charge in [-0.1, -0.05) is 24.3 Å². The molecule has 2 rings (SSSR count). The molecule has 23 heavy (non-hydrogen) atoms. The third-order valence-electron chi connectivity index (χ3n) is 3.37. The highest BCUT2D eigenvalue weighted by Crippen LogP contribution is 2.12. The zero-order chi connectivity index (χ0) is 16.7. The predicted octanol–water partition coefficient (Wildman–Crippen LogP) is 2.63. The van der Waals surface area contributed by atoms with E-state index in [2.05, 4.69) is 10.6 Å². The smallest absolute Gasteiger partial charge is 0.239 e. The molecule has 2 aromatic rings. The van der Waals surface area contributed by atoms with Crippen LogP contribution in [-0.4, -0.2) is 25.3 Å². The molecule has 120 valence electrons. The van der Waals surface area contributed by atoms with E-state index >= 15 is 0 Å². The highest BCUT2D eigenvalue weighted by atomic mass is 16.5. The minimum atomic E-state index is -0.117. The number of amides is 1. The summed E-state index contributed by atoms with van der Waals surface area (Å²) in [5.41, 5.74) is 2.36. The summed E-state index contributed by atoms with van der Waals surface area (Å²) in [6.45, 7) is 2.12. The Labute approximate surface area is 135 Å². The number of benzene rings is 2. The minimum absolute atomic E-state index is 0.00222. The van der Waals surface area contributed by atoms with E-state index in [9.17, 15) is 9.59 Å². The van der Waals surface area contributed by atoms with Gasteiger partial charge in [-0.2, -0.15) is 0 Å². The van der Waals surface area contributed by atoms with Crippen LogP contribution in [0, 0.1) is 0 Å². The molecule has 0 aliphatic carbocycles. The van der Waals surface area contributed by atoms with Crippen LogP contribution >= 0.6 is 0 Å². The summed E-state index contributed by atoms with van der Waals surface area (Å²) in [6, 6.07) is 14.6. The van der Waals surface area contributed by atoms with Crippen LogP contribution in [0.15, 0.2) is 48.5 Å². The summed E-state index contributed by atoms with van der Waals surface area (Å²) in [7, 11) is 1.61. The Morgan fingerprint density at radius 2 is 1.83 bits per heavy atom. The summed E-state index contributed by atoms with van der Waals surface area (Å²) < 4.78 is 5.09. The quantitative estimate of drug-likeness (QED) is 0.771. The summed E-state index contributed by atoms with van der Waals surface area (Å²) in [5.74, 6) is 0.666. The van der Waals surface area contributed by atoms with Gasteiger partial charge in [0.1, 0.15) is 5.75 Å². The molecule has 0 saturated carbocycles. The van der Waals surface area contributed by atoms with Crippen LogP contribution in [0.3, 0.4) is 0 Å². The average molecular weight is 312 g/mol. The van der Waals surface area contributed by atoms with Crippen molar-refractivity contribution in [3.8, 4) is 5.75 Å². The van der Waals surface area contributed by atoms with Gasteiger partial charge in [0.15, 0.2) is 5.78 Å². The molecule has 5 nitrogen and oxygen atoms in total. The summed E-state index contributed by atoms with van der Waals surface area (Å²) >= 11 is 0. The normalized spacial score (nSPS) is 10.0. The molecule has 5 heteroatoms. The van der Waals surface area contributed by atoms with Crippen molar-refractivity contribution < 1.29 is 14.3 Å². The number of hydrogen-bond donors (Lipinski definition) is 2. The molecule has 0 aliphatic heterocycles. The highest BCUT2D eigenvalue weighted by Gasteiger charge is 2.04. The maximum absolute atomic E-state index is 11.9. The molecule has 0 spiro atoms. The minimum Gasteiger partial charge on any atom is -0.497 e. The van der Waals surface area contributed by atoms with E-state index in [0.29, 0.717) is 12.1 Å². The van der Waals surface area contributed by atoms with Crippen molar-refractivity contribution in [2.75, 3.05) is 19.0 Å². The largest absolute Gasteiger partial charge is 0.497 e. The third-order valence-corrected chi connectivity index (χ3v) is 3.37. The lowest BCUT2D eigenvalue weighted by Crippen LogP contribution is -2.29. The van der Waals surface area contributed by atoms with Crippen LogP contribution in [0.25, 0.3) is 0 Å². The zero-order valence-corrected chi connectivity index (χ0v) is 13.3.